The van der Waals surface area contributed by atoms with Crippen molar-refractivity contribution in [2.24, 2.45) is 0 Å². The van der Waals surface area contributed by atoms with Gasteiger partial charge in [-0.1, -0.05) is 24.3 Å². The quantitative estimate of drug-likeness (QED) is 0.468. The van der Waals surface area contributed by atoms with Crippen molar-refractivity contribution in [2.45, 2.75) is 6.92 Å². The van der Waals surface area contributed by atoms with E-state index in [0.717, 1.165) is 16.5 Å². The van der Waals surface area contributed by atoms with Gasteiger partial charge in [0.15, 0.2) is 11.4 Å². The molecule has 0 bridgehead atoms. The van der Waals surface area contributed by atoms with Crippen molar-refractivity contribution in [2.75, 3.05) is 0 Å². The Morgan fingerprint density at radius 3 is 2.61 bits per heavy atom. The number of benzene rings is 2. The lowest BCUT2D eigenvalue weighted by Crippen LogP contribution is -1.98. The molecule has 28 heavy (non-hydrogen) atoms. The molecule has 2 heterocycles. The first-order valence-corrected chi connectivity index (χ1v) is 8.64. The summed E-state index contributed by atoms with van der Waals surface area (Å²) in [6.45, 7) is 1.46. The lowest BCUT2D eigenvalue weighted by atomic mass is 9.95. The Morgan fingerprint density at radius 1 is 1.00 bits per heavy atom. The molecular weight excluding hydrogens is 353 g/mol. The van der Waals surface area contributed by atoms with E-state index < -0.39 is 5.82 Å². The van der Waals surface area contributed by atoms with E-state index in [4.69, 9.17) is 0 Å². The van der Waals surface area contributed by atoms with Crippen molar-refractivity contribution in [3.05, 3.63) is 83.9 Å². The van der Waals surface area contributed by atoms with Gasteiger partial charge in [0, 0.05) is 29.6 Å². The Balaban J connectivity index is 1.92. The molecule has 0 saturated heterocycles. The zero-order chi connectivity index (χ0) is 19.7. The third kappa shape index (κ3) is 3.01. The minimum atomic E-state index is -0.401. The molecule has 134 valence electrons. The molecule has 0 radical (unpaired) electrons. The van der Waals surface area contributed by atoms with Gasteiger partial charge in [-0.05, 0) is 47.5 Å². The predicted molar refractivity (Wildman–Crippen MR) is 105 cm³/mol. The molecule has 2 aromatic carbocycles. The molecule has 0 aliphatic carbocycles. The molecule has 4 aromatic rings. The number of fused-ring (bicyclic) bond motifs is 1. The van der Waals surface area contributed by atoms with Crippen LogP contribution >= 0.6 is 0 Å². The third-order valence-electron chi connectivity index (χ3n) is 4.58. The Labute approximate surface area is 160 Å². The molecule has 4 nitrogen and oxygen atoms in total. The number of carbonyl (C=O) groups excluding carboxylic acids is 1. The summed E-state index contributed by atoms with van der Waals surface area (Å²) >= 11 is 0. The lowest BCUT2D eigenvalue weighted by Gasteiger charge is -2.11. The zero-order valence-corrected chi connectivity index (χ0v) is 15.0. The van der Waals surface area contributed by atoms with E-state index in [9.17, 15) is 14.4 Å². The summed E-state index contributed by atoms with van der Waals surface area (Å²) in [5.74, 6) is -0.534. The monoisotopic (exact) mass is 367 g/mol. The van der Waals surface area contributed by atoms with E-state index in [1.165, 1.54) is 13.0 Å². The van der Waals surface area contributed by atoms with Gasteiger partial charge in [-0.25, -0.2) is 14.4 Å². The SMILES string of the molecule is CC(=O)c1ccc2c(-c3ccc(F)c(-c4ccccc4C#N)c3)ccnc2n1. The van der Waals surface area contributed by atoms with Gasteiger partial charge in [-0.3, -0.25) is 4.79 Å². The van der Waals surface area contributed by atoms with Crippen LogP contribution in [0.15, 0.2) is 66.9 Å². The Morgan fingerprint density at radius 2 is 1.82 bits per heavy atom. The fourth-order valence-electron chi connectivity index (χ4n) is 3.19. The fourth-order valence-corrected chi connectivity index (χ4v) is 3.19. The maximum Gasteiger partial charge on any atom is 0.178 e. The first-order chi connectivity index (χ1) is 13.6. The van der Waals surface area contributed by atoms with Crippen molar-refractivity contribution in [3.8, 4) is 28.3 Å². The molecule has 0 amide bonds. The van der Waals surface area contributed by atoms with Crippen molar-refractivity contribution in [1.82, 2.24) is 9.97 Å². The van der Waals surface area contributed by atoms with Gasteiger partial charge < -0.3 is 0 Å². The smallest absolute Gasteiger partial charge is 0.178 e. The Bertz CT molecular complexity index is 1270. The average Bonchev–Trinajstić information content (AvgIpc) is 2.73. The molecule has 0 spiro atoms. The summed E-state index contributed by atoms with van der Waals surface area (Å²) in [5.41, 5.74) is 3.70. The second-order valence-corrected chi connectivity index (χ2v) is 6.33. The standard InChI is InChI=1S/C23H14FN3O/c1-14(28)22-9-7-19-18(10-11-26-23(19)27-22)15-6-8-21(24)20(12-15)17-5-3-2-4-16(17)13-25/h2-12H,1H3. The highest BCUT2D eigenvalue weighted by Crippen LogP contribution is 2.33. The zero-order valence-electron chi connectivity index (χ0n) is 15.0. The first-order valence-electron chi connectivity index (χ1n) is 8.64. The maximum atomic E-state index is 14.6. The van der Waals surface area contributed by atoms with Gasteiger partial charge in [-0.2, -0.15) is 5.26 Å². The average molecular weight is 367 g/mol. The predicted octanol–water partition coefficient (Wildman–Crippen LogP) is 5.18. The van der Waals surface area contributed by atoms with Crippen LogP contribution in [0.5, 0.6) is 0 Å². The molecule has 0 aliphatic rings. The van der Waals surface area contributed by atoms with Gasteiger partial charge in [0.1, 0.15) is 11.5 Å². The molecule has 4 rings (SSSR count). The molecule has 0 N–H and O–H groups in total. The number of halogens is 1. The number of carbonyl (C=O) groups is 1. The van der Waals surface area contributed by atoms with Crippen LogP contribution in [0, 0.1) is 17.1 Å². The van der Waals surface area contributed by atoms with Crippen LogP contribution in [0.25, 0.3) is 33.3 Å². The normalized spacial score (nSPS) is 10.6. The van der Waals surface area contributed by atoms with Crippen molar-refractivity contribution < 1.29 is 9.18 Å². The number of aromatic nitrogens is 2. The van der Waals surface area contributed by atoms with Gasteiger partial charge in [0.2, 0.25) is 0 Å². The van der Waals surface area contributed by atoms with E-state index >= 15 is 0 Å². The highest BCUT2D eigenvalue weighted by Gasteiger charge is 2.13. The largest absolute Gasteiger partial charge is 0.293 e. The summed E-state index contributed by atoms with van der Waals surface area (Å²) in [6, 6.07) is 19.1. The van der Waals surface area contributed by atoms with E-state index in [1.54, 1.807) is 54.7 Å². The number of nitrogens with zero attached hydrogens (tertiary/aromatic N) is 3. The summed E-state index contributed by atoms with van der Waals surface area (Å²) in [5, 5.41) is 10.1. The number of hydrogen-bond donors (Lipinski definition) is 0. The number of Topliss-reactive ketones (excluding diaryl/α,β-unsaturated/α-hetero) is 1. The van der Waals surface area contributed by atoms with Crippen LogP contribution in [-0.4, -0.2) is 15.8 Å². The Hall–Kier alpha value is -3.91. The lowest BCUT2D eigenvalue weighted by molar-refractivity contribution is 0.101. The summed E-state index contributed by atoms with van der Waals surface area (Å²) in [6.07, 6.45) is 1.61. The number of pyridine rings is 2. The second-order valence-electron chi connectivity index (χ2n) is 6.33. The van der Waals surface area contributed by atoms with E-state index in [0.29, 0.717) is 28.0 Å². The molecule has 0 fully saturated rings. The van der Waals surface area contributed by atoms with E-state index in [2.05, 4.69) is 16.0 Å². The number of ketones is 1. The molecule has 5 heteroatoms. The van der Waals surface area contributed by atoms with Crippen LogP contribution < -0.4 is 0 Å². The molecule has 2 aromatic heterocycles. The summed E-state index contributed by atoms with van der Waals surface area (Å²) in [4.78, 5) is 20.1. The Kier molecular flexibility index (Phi) is 4.38. The molecule has 0 unspecified atom stereocenters. The fraction of sp³-hybridized carbons (Fsp3) is 0.0435. The second kappa shape index (κ2) is 7.01. The van der Waals surface area contributed by atoms with Crippen molar-refractivity contribution in [1.29, 1.82) is 5.26 Å². The van der Waals surface area contributed by atoms with Gasteiger partial charge in [0.05, 0.1) is 11.6 Å². The topological polar surface area (TPSA) is 66.6 Å². The van der Waals surface area contributed by atoms with Crippen LogP contribution in [0.3, 0.4) is 0 Å². The summed E-state index contributed by atoms with van der Waals surface area (Å²) < 4.78 is 14.6. The number of hydrogen-bond acceptors (Lipinski definition) is 4. The number of rotatable bonds is 3. The van der Waals surface area contributed by atoms with Crippen molar-refractivity contribution >= 4 is 16.8 Å². The van der Waals surface area contributed by atoms with Crippen molar-refractivity contribution in [3.63, 3.8) is 0 Å². The molecular formula is C23H14FN3O. The first kappa shape index (κ1) is 17.5. The van der Waals surface area contributed by atoms with Gasteiger partial charge in [-0.15, -0.1) is 0 Å². The highest BCUT2D eigenvalue weighted by atomic mass is 19.1. The van der Waals surface area contributed by atoms with Crippen LogP contribution in [0.1, 0.15) is 23.0 Å². The minimum absolute atomic E-state index is 0.133. The van der Waals surface area contributed by atoms with Crippen LogP contribution in [0.2, 0.25) is 0 Å². The summed E-state index contributed by atoms with van der Waals surface area (Å²) in [7, 11) is 0. The minimum Gasteiger partial charge on any atom is -0.293 e. The van der Waals surface area contributed by atoms with Gasteiger partial charge in [0.25, 0.3) is 0 Å². The van der Waals surface area contributed by atoms with Crippen LogP contribution in [-0.2, 0) is 0 Å². The molecule has 0 saturated carbocycles. The van der Waals surface area contributed by atoms with Gasteiger partial charge >= 0.3 is 0 Å². The third-order valence-corrected chi connectivity index (χ3v) is 4.58. The van der Waals surface area contributed by atoms with Crippen LogP contribution in [0.4, 0.5) is 4.39 Å². The number of nitriles is 1. The highest BCUT2D eigenvalue weighted by molar-refractivity contribution is 5.98. The molecule has 0 aliphatic heterocycles. The van der Waals surface area contributed by atoms with E-state index in [1.807, 2.05) is 6.07 Å². The maximum absolute atomic E-state index is 14.6. The van der Waals surface area contributed by atoms with E-state index in [-0.39, 0.29) is 5.78 Å². The molecule has 0 atom stereocenters.